The lowest BCUT2D eigenvalue weighted by molar-refractivity contribution is 0.615. The molecule has 0 saturated heterocycles. The lowest BCUT2D eigenvalue weighted by atomic mass is 10.1. The fourth-order valence-electron chi connectivity index (χ4n) is 1.60. The molecule has 1 aromatic heterocycles. The van der Waals surface area contributed by atoms with Crippen molar-refractivity contribution < 1.29 is 4.39 Å². The van der Waals surface area contributed by atoms with E-state index in [0.29, 0.717) is 5.82 Å². The number of aromatic nitrogens is 2. The SMILES string of the molecule is Cc1cc(-c2nc(Cl)c(F)c(Cl)n2)cc(C)c1Br. The molecule has 0 bridgehead atoms. The summed E-state index contributed by atoms with van der Waals surface area (Å²) in [5.74, 6) is -0.488. The first-order valence-electron chi connectivity index (χ1n) is 5.06. The van der Waals surface area contributed by atoms with Crippen LogP contribution < -0.4 is 0 Å². The molecule has 1 aromatic carbocycles. The topological polar surface area (TPSA) is 25.8 Å². The van der Waals surface area contributed by atoms with Crippen molar-refractivity contribution >= 4 is 39.1 Å². The monoisotopic (exact) mass is 348 g/mol. The highest BCUT2D eigenvalue weighted by atomic mass is 79.9. The molecule has 0 amide bonds. The summed E-state index contributed by atoms with van der Waals surface area (Å²) in [6.45, 7) is 3.90. The first-order chi connectivity index (χ1) is 8.40. The summed E-state index contributed by atoms with van der Waals surface area (Å²) in [5, 5.41) is -0.550. The molecule has 2 aromatic rings. The maximum absolute atomic E-state index is 13.3. The second-order valence-electron chi connectivity index (χ2n) is 3.87. The minimum atomic E-state index is -0.798. The normalized spacial score (nSPS) is 10.8. The maximum Gasteiger partial charge on any atom is 0.197 e. The minimum Gasteiger partial charge on any atom is -0.213 e. The van der Waals surface area contributed by atoms with Gasteiger partial charge in [-0.1, -0.05) is 39.1 Å². The zero-order chi connectivity index (χ0) is 13.4. The van der Waals surface area contributed by atoms with Gasteiger partial charge in [0.25, 0.3) is 0 Å². The summed E-state index contributed by atoms with van der Waals surface area (Å²) in [5.41, 5.74) is 2.81. The molecule has 2 nitrogen and oxygen atoms in total. The Morgan fingerprint density at radius 2 is 1.50 bits per heavy atom. The molecule has 18 heavy (non-hydrogen) atoms. The van der Waals surface area contributed by atoms with Gasteiger partial charge in [0, 0.05) is 10.0 Å². The quantitative estimate of drug-likeness (QED) is 0.679. The molecule has 0 fully saturated rings. The molecule has 0 N–H and O–H groups in total. The molecule has 0 spiro atoms. The number of benzene rings is 1. The number of hydrogen-bond donors (Lipinski definition) is 0. The number of halogens is 4. The smallest absolute Gasteiger partial charge is 0.197 e. The van der Waals surface area contributed by atoms with Crippen LogP contribution in [0, 0.1) is 19.7 Å². The van der Waals surface area contributed by atoms with Gasteiger partial charge >= 0.3 is 0 Å². The number of rotatable bonds is 1. The largest absolute Gasteiger partial charge is 0.213 e. The second kappa shape index (κ2) is 5.11. The van der Waals surface area contributed by atoms with Crippen LogP contribution in [0.15, 0.2) is 16.6 Å². The Morgan fingerprint density at radius 1 is 1.06 bits per heavy atom. The third-order valence-electron chi connectivity index (χ3n) is 2.47. The Bertz CT molecular complexity index is 530. The zero-order valence-corrected chi connectivity index (χ0v) is 12.7. The maximum atomic E-state index is 13.3. The van der Waals surface area contributed by atoms with Gasteiger partial charge in [0.1, 0.15) is 0 Å². The van der Waals surface area contributed by atoms with Crippen LogP contribution in [0.25, 0.3) is 11.4 Å². The predicted molar refractivity (Wildman–Crippen MR) is 74.6 cm³/mol. The molecular formula is C12H8BrCl2FN2. The fourth-order valence-corrected chi connectivity index (χ4v) is 2.21. The van der Waals surface area contributed by atoms with Crippen molar-refractivity contribution in [3.63, 3.8) is 0 Å². The van der Waals surface area contributed by atoms with Crippen molar-refractivity contribution in [2.75, 3.05) is 0 Å². The predicted octanol–water partition coefficient (Wildman–Crippen LogP) is 4.97. The summed E-state index contributed by atoms with van der Waals surface area (Å²) >= 11 is 14.8. The molecule has 0 unspecified atom stereocenters. The third-order valence-corrected chi connectivity index (χ3v) is 4.22. The van der Waals surface area contributed by atoms with E-state index in [0.717, 1.165) is 21.2 Å². The number of hydrogen-bond acceptors (Lipinski definition) is 2. The first-order valence-corrected chi connectivity index (χ1v) is 6.60. The van der Waals surface area contributed by atoms with Gasteiger partial charge in [-0.15, -0.1) is 0 Å². The van der Waals surface area contributed by atoms with Crippen molar-refractivity contribution in [2.45, 2.75) is 13.8 Å². The van der Waals surface area contributed by atoms with Gasteiger partial charge in [0.05, 0.1) is 0 Å². The Balaban J connectivity index is 2.63. The van der Waals surface area contributed by atoms with Gasteiger partial charge in [0.15, 0.2) is 21.9 Å². The molecular weight excluding hydrogens is 342 g/mol. The van der Waals surface area contributed by atoms with Crippen LogP contribution in [0.4, 0.5) is 4.39 Å². The van der Waals surface area contributed by atoms with Gasteiger partial charge in [-0.05, 0) is 37.1 Å². The molecule has 0 aliphatic carbocycles. The molecule has 0 aliphatic rings. The highest BCUT2D eigenvalue weighted by molar-refractivity contribution is 9.10. The molecule has 6 heteroatoms. The molecule has 0 aliphatic heterocycles. The van der Waals surface area contributed by atoms with E-state index in [9.17, 15) is 4.39 Å². The molecule has 0 atom stereocenters. The van der Waals surface area contributed by atoms with Crippen molar-refractivity contribution in [1.82, 2.24) is 9.97 Å². The van der Waals surface area contributed by atoms with Gasteiger partial charge in [0.2, 0.25) is 0 Å². The third kappa shape index (κ3) is 2.51. The summed E-state index contributed by atoms with van der Waals surface area (Å²) < 4.78 is 14.3. The number of aryl methyl sites for hydroxylation is 2. The second-order valence-corrected chi connectivity index (χ2v) is 5.38. The molecule has 1 heterocycles. The Morgan fingerprint density at radius 3 is 1.94 bits per heavy atom. The standard InChI is InChI=1S/C12H8BrCl2FN2/c1-5-3-7(4-6(2)8(5)13)12-17-10(14)9(16)11(15)18-12/h3-4H,1-2H3. The summed E-state index contributed by atoms with van der Waals surface area (Å²) in [6, 6.07) is 3.77. The lowest BCUT2D eigenvalue weighted by Crippen LogP contribution is -1.96. The Hall–Kier alpha value is -0.710. The summed E-state index contributed by atoms with van der Waals surface area (Å²) in [4.78, 5) is 7.79. The van der Waals surface area contributed by atoms with Crippen molar-refractivity contribution in [2.24, 2.45) is 0 Å². The summed E-state index contributed by atoms with van der Waals surface area (Å²) in [6.07, 6.45) is 0. The van der Waals surface area contributed by atoms with Crippen LogP contribution in [0.1, 0.15) is 11.1 Å². The van der Waals surface area contributed by atoms with E-state index in [2.05, 4.69) is 25.9 Å². The molecule has 94 valence electrons. The van der Waals surface area contributed by atoms with Gasteiger partial charge in [-0.3, -0.25) is 0 Å². The minimum absolute atomic E-state index is 0.275. The van der Waals surface area contributed by atoms with E-state index in [1.807, 2.05) is 26.0 Å². The van der Waals surface area contributed by atoms with E-state index < -0.39 is 5.82 Å². The van der Waals surface area contributed by atoms with Crippen molar-refractivity contribution in [3.8, 4) is 11.4 Å². The summed E-state index contributed by atoms with van der Waals surface area (Å²) in [7, 11) is 0. The zero-order valence-electron chi connectivity index (χ0n) is 9.56. The van der Waals surface area contributed by atoms with Gasteiger partial charge in [-0.25, -0.2) is 14.4 Å². The van der Waals surface area contributed by atoms with E-state index in [-0.39, 0.29) is 10.3 Å². The highest BCUT2D eigenvalue weighted by Crippen LogP contribution is 2.29. The fraction of sp³-hybridized carbons (Fsp3) is 0.167. The van der Waals surface area contributed by atoms with E-state index in [4.69, 9.17) is 23.2 Å². The van der Waals surface area contributed by atoms with Crippen molar-refractivity contribution in [1.29, 1.82) is 0 Å². The lowest BCUT2D eigenvalue weighted by Gasteiger charge is -2.08. The molecule has 2 rings (SSSR count). The van der Waals surface area contributed by atoms with Gasteiger partial charge < -0.3 is 0 Å². The van der Waals surface area contributed by atoms with E-state index >= 15 is 0 Å². The first kappa shape index (κ1) is 13.7. The highest BCUT2D eigenvalue weighted by Gasteiger charge is 2.13. The van der Waals surface area contributed by atoms with Crippen LogP contribution >= 0.6 is 39.1 Å². The average Bonchev–Trinajstić information content (AvgIpc) is 2.31. The van der Waals surface area contributed by atoms with E-state index in [1.54, 1.807) is 0 Å². The van der Waals surface area contributed by atoms with Crippen LogP contribution in [0.5, 0.6) is 0 Å². The van der Waals surface area contributed by atoms with E-state index in [1.165, 1.54) is 0 Å². The van der Waals surface area contributed by atoms with Gasteiger partial charge in [-0.2, -0.15) is 0 Å². The molecule has 0 radical (unpaired) electrons. The number of nitrogens with zero attached hydrogens (tertiary/aromatic N) is 2. The van der Waals surface area contributed by atoms with Crippen LogP contribution in [0.2, 0.25) is 10.3 Å². The average molecular weight is 350 g/mol. The Kier molecular flexibility index (Phi) is 3.90. The van der Waals surface area contributed by atoms with Crippen molar-refractivity contribution in [3.05, 3.63) is 43.9 Å². The molecule has 0 saturated carbocycles. The van der Waals surface area contributed by atoms with Crippen LogP contribution in [-0.2, 0) is 0 Å². The Labute approximate surface area is 122 Å². The van der Waals surface area contributed by atoms with Crippen LogP contribution in [0.3, 0.4) is 0 Å². The van der Waals surface area contributed by atoms with Crippen LogP contribution in [-0.4, -0.2) is 9.97 Å².